The summed E-state index contributed by atoms with van der Waals surface area (Å²) < 4.78 is 6.89. The Labute approximate surface area is 121 Å². The molecule has 1 aromatic carbocycles. The first-order valence-electron chi connectivity index (χ1n) is 6.41. The molecule has 1 saturated heterocycles. The maximum absolute atomic E-state index is 10.7. The lowest BCUT2D eigenvalue weighted by molar-refractivity contribution is -0.138. The summed E-state index contributed by atoms with van der Waals surface area (Å²) >= 11 is 3.42. The smallest absolute Gasteiger partial charge is 0.304 e. The molecule has 0 bridgehead atoms. The van der Waals surface area contributed by atoms with Crippen molar-refractivity contribution in [3.63, 3.8) is 0 Å². The Hall–Kier alpha value is -0.910. The average molecular weight is 328 g/mol. The van der Waals surface area contributed by atoms with Gasteiger partial charge >= 0.3 is 5.97 Å². The van der Waals surface area contributed by atoms with E-state index in [4.69, 9.17) is 9.84 Å². The summed E-state index contributed by atoms with van der Waals surface area (Å²) in [6.45, 7) is 4.10. The lowest BCUT2D eigenvalue weighted by atomic mass is 10.0. The van der Waals surface area contributed by atoms with E-state index in [1.807, 2.05) is 24.3 Å². The summed E-state index contributed by atoms with van der Waals surface area (Å²) in [6, 6.07) is 8.29. The van der Waals surface area contributed by atoms with Crippen LogP contribution in [0.25, 0.3) is 0 Å². The van der Waals surface area contributed by atoms with Gasteiger partial charge in [0, 0.05) is 23.6 Å². The summed E-state index contributed by atoms with van der Waals surface area (Å²) in [6.07, 6.45) is 0.188. The molecule has 2 rings (SSSR count). The van der Waals surface area contributed by atoms with Crippen molar-refractivity contribution in [2.75, 3.05) is 19.7 Å². The Morgan fingerprint density at radius 1 is 1.47 bits per heavy atom. The fraction of sp³-hybridized carbons (Fsp3) is 0.500. The van der Waals surface area contributed by atoms with E-state index >= 15 is 0 Å². The maximum atomic E-state index is 10.7. The molecule has 4 nitrogen and oxygen atoms in total. The highest BCUT2D eigenvalue weighted by atomic mass is 79.9. The van der Waals surface area contributed by atoms with Gasteiger partial charge in [-0.1, -0.05) is 28.1 Å². The van der Waals surface area contributed by atoms with Crippen molar-refractivity contribution in [1.82, 2.24) is 4.90 Å². The molecule has 0 aromatic heterocycles. The fourth-order valence-corrected chi connectivity index (χ4v) is 2.68. The molecule has 0 spiro atoms. The molecule has 0 radical (unpaired) electrons. The molecule has 1 heterocycles. The van der Waals surface area contributed by atoms with E-state index in [1.165, 1.54) is 0 Å². The van der Waals surface area contributed by atoms with E-state index in [2.05, 4.69) is 27.8 Å². The number of ether oxygens (including phenoxy) is 1. The summed E-state index contributed by atoms with van der Waals surface area (Å²) in [5, 5.41) is 8.78. The molecule has 2 atom stereocenters. The lowest BCUT2D eigenvalue weighted by Gasteiger charge is -2.39. The zero-order valence-electron chi connectivity index (χ0n) is 10.9. The van der Waals surface area contributed by atoms with Gasteiger partial charge in [0.15, 0.2) is 0 Å². The van der Waals surface area contributed by atoms with Crippen LogP contribution in [0.15, 0.2) is 28.7 Å². The van der Waals surface area contributed by atoms with Crippen LogP contribution in [0.4, 0.5) is 0 Å². The second kappa shape index (κ2) is 6.50. The van der Waals surface area contributed by atoms with Gasteiger partial charge in [-0.15, -0.1) is 0 Å². The van der Waals surface area contributed by atoms with Crippen molar-refractivity contribution in [1.29, 1.82) is 0 Å². The number of halogens is 1. The average Bonchev–Trinajstić information content (AvgIpc) is 2.39. The van der Waals surface area contributed by atoms with Crippen LogP contribution >= 0.6 is 15.9 Å². The van der Waals surface area contributed by atoms with Gasteiger partial charge in [0.1, 0.15) is 0 Å². The first-order chi connectivity index (χ1) is 9.08. The van der Waals surface area contributed by atoms with Gasteiger partial charge in [-0.05, 0) is 24.6 Å². The number of hydrogen-bond acceptors (Lipinski definition) is 3. The number of nitrogens with zero attached hydrogens (tertiary/aromatic N) is 1. The number of aliphatic carboxylic acids is 1. The van der Waals surface area contributed by atoms with Gasteiger partial charge in [0.25, 0.3) is 0 Å². The maximum Gasteiger partial charge on any atom is 0.304 e. The Kier molecular flexibility index (Phi) is 4.96. The highest BCUT2D eigenvalue weighted by Gasteiger charge is 2.29. The highest BCUT2D eigenvalue weighted by Crippen LogP contribution is 2.29. The lowest BCUT2D eigenvalue weighted by Crippen LogP contribution is -2.46. The van der Waals surface area contributed by atoms with Crippen molar-refractivity contribution in [2.24, 2.45) is 0 Å². The third-order valence-electron chi connectivity index (χ3n) is 3.50. The Morgan fingerprint density at radius 3 is 2.79 bits per heavy atom. The molecule has 0 amide bonds. The zero-order valence-corrected chi connectivity index (χ0v) is 12.5. The van der Waals surface area contributed by atoms with Crippen LogP contribution in [-0.2, 0) is 9.53 Å². The molecule has 2 unspecified atom stereocenters. The normalized spacial score (nSPS) is 24.3. The van der Waals surface area contributed by atoms with Crippen LogP contribution in [0.1, 0.15) is 25.0 Å². The fourth-order valence-electron chi connectivity index (χ4n) is 2.41. The van der Waals surface area contributed by atoms with Crippen molar-refractivity contribution in [3.8, 4) is 0 Å². The zero-order chi connectivity index (χ0) is 13.8. The number of rotatable bonds is 4. The Morgan fingerprint density at radius 2 is 2.16 bits per heavy atom. The summed E-state index contributed by atoms with van der Waals surface area (Å²) in [7, 11) is 0. The number of hydrogen-bond donors (Lipinski definition) is 1. The predicted molar refractivity (Wildman–Crippen MR) is 76.1 cm³/mol. The second-order valence-electron chi connectivity index (χ2n) is 4.76. The number of carboxylic acid groups (broad SMARTS) is 1. The quantitative estimate of drug-likeness (QED) is 0.923. The number of morpholine rings is 1. The summed E-state index contributed by atoms with van der Waals surface area (Å²) in [5.74, 6) is -0.751. The van der Waals surface area contributed by atoms with Gasteiger partial charge in [0.05, 0.1) is 19.1 Å². The van der Waals surface area contributed by atoms with Gasteiger partial charge < -0.3 is 9.84 Å². The van der Waals surface area contributed by atoms with Gasteiger partial charge in [0.2, 0.25) is 0 Å². The van der Waals surface area contributed by atoms with Crippen LogP contribution in [0.3, 0.4) is 0 Å². The van der Waals surface area contributed by atoms with Crippen LogP contribution in [0, 0.1) is 0 Å². The Bertz CT molecular complexity index is 435. The van der Waals surface area contributed by atoms with Gasteiger partial charge in [-0.2, -0.15) is 0 Å². The SMILES string of the molecule is CC1C(c2ccc(Br)cc2)OCCN1CCC(=O)O. The minimum Gasteiger partial charge on any atom is -0.481 e. The van der Waals surface area contributed by atoms with Crippen LogP contribution < -0.4 is 0 Å². The van der Waals surface area contributed by atoms with Crippen molar-refractivity contribution in [3.05, 3.63) is 34.3 Å². The molecule has 104 valence electrons. The highest BCUT2D eigenvalue weighted by molar-refractivity contribution is 9.10. The van der Waals surface area contributed by atoms with Crippen molar-refractivity contribution < 1.29 is 14.6 Å². The second-order valence-corrected chi connectivity index (χ2v) is 5.68. The molecule has 1 aliphatic rings. The predicted octanol–water partition coefficient (Wildman–Crippen LogP) is 2.69. The summed E-state index contributed by atoms with van der Waals surface area (Å²) in [4.78, 5) is 12.9. The molecule has 0 saturated carbocycles. The van der Waals surface area contributed by atoms with Crippen molar-refractivity contribution in [2.45, 2.75) is 25.5 Å². The topological polar surface area (TPSA) is 49.8 Å². The minimum atomic E-state index is -0.751. The van der Waals surface area contributed by atoms with E-state index in [-0.39, 0.29) is 18.6 Å². The van der Waals surface area contributed by atoms with Gasteiger partial charge in [-0.3, -0.25) is 9.69 Å². The van der Waals surface area contributed by atoms with Crippen LogP contribution in [0.5, 0.6) is 0 Å². The van der Waals surface area contributed by atoms with E-state index in [1.54, 1.807) is 0 Å². The molecule has 5 heteroatoms. The number of carboxylic acids is 1. The third kappa shape index (κ3) is 3.78. The van der Waals surface area contributed by atoms with E-state index in [9.17, 15) is 4.79 Å². The molecule has 1 aliphatic heterocycles. The third-order valence-corrected chi connectivity index (χ3v) is 4.03. The molecular formula is C14H18BrNO3. The molecule has 19 heavy (non-hydrogen) atoms. The Balaban J connectivity index is 2.05. The molecule has 1 aromatic rings. The largest absolute Gasteiger partial charge is 0.481 e. The van der Waals surface area contributed by atoms with E-state index in [0.717, 1.165) is 16.6 Å². The monoisotopic (exact) mass is 327 g/mol. The van der Waals surface area contributed by atoms with E-state index < -0.39 is 5.97 Å². The molecule has 1 N–H and O–H groups in total. The molecule has 0 aliphatic carbocycles. The first-order valence-corrected chi connectivity index (χ1v) is 7.20. The summed E-state index contributed by atoms with van der Waals surface area (Å²) in [5.41, 5.74) is 1.13. The van der Waals surface area contributed by atoms with Crippen LogP contribution in [-0.4, -0.2) is 41.7 Å². The minimum absolute atomic E-state index is 0.00986. The number of carbonyl (C=O) groups is 1. The van der Waals surface area contributed by atoms with E-state index in [0.29, 0.717) is 13.2 Å². The van der Waals surface area contributed by atoms with Crippen molar-refractivity contribution >= 4 is 21.9 Å². The number of benzene rings is 1. The standard InChI is InChI=1S/C14H18BrNO3/c1-10-14(11-2-4-12(15)5-3-11)19-9-8-16(10)7-6-13(17)18/h2-5,10,14H,6-9H2,1H3,(H,17,18). The van der Waals surface area contributed by atoms with Crippen LogP contribution in [0.2, 0.25) is 0 Å². The van der Waals surface area contributed by atoms with Gasteiger partial charge in [-0.25, -0.2) is 0 Å². The molecular weight excluding hydrogens is 310 g/mol. The first kappa shape index (κ1) is 14.5. The molecule has 1 fully saturated rings.